The Morgan fingerprint density at radius 2 is 1.79 bits per heavy atom. The number of halogens is 1. The Labute approximate surface area is 165 Å². The minimum atomic E-state index is -0.198. The smallest absolute Gasteiger partial charge is 0.289 e. The van der Waals surface area contributed by atoms with Gasteiger partial charge in [0.15, 0.2) is 5.76 Å². The highest BCUT2D eigenvalue weighted by Crippen LogP contribution is 2.23. The van der Waals surface area contributed by atoms with E-state index >= 15 is 0 Å². The van der Waals surface area contributed by atoms with Gasteiger partial charge in [-0.3, -0.25) is 9.69 Å². The minimum absolute atomic E-state index is 0.0141. The quantitative estimate of drug-likeness (QED) is 0.811. The number of piperidine rings is 1. The lowest BCUT2D eigenvalue weighted by molar-refractivity contribution is 0.0533. The van der Waals surface area contributed by atoms with Crippen LogP contribution in [0.2, 0.25) is 0 Å². The Morgan fingerprint density at radius 3 is 2.43 bits per heavy atom. The van der Waals surface area contributed by atoms with Gasteiger partial charge in [0.1, 0.15) is 11.6 Å². The Hall–Kier alpha value is -2.34. The summed E-state index contributed by atoms with van der Waals surface area (Å²) in [5.74, 6) is 1.09. The van der Waals surface area contributed by atoms with Crippen molar-refractivity contribution in [3.8, 4) is 0 Å². The second-order valence-electron chi connectivity index (χ2n) is 7.92. The minimum Gasteiger partial charge on any atom is -0.456 e. The molecule has 28 heavy (non-hydrogen) atoms. The average Bonchev–Trinajstić information content (AvgIpc) is 3.06. The van der Waals surface area contributed by atoms with Crippen LogP contribution in [0.25, 0.3) is 0 Å². The van der Waals surface area contributed by atoms with E-state index in [0.29, 0.717) is 11.8 Å². The Morgan fingerprint density at radius 1 is 1.07 bits per heavy atom. The van der Waals surface area contributed by atoms with Crippen LogP contribution in [0.1, 0.15) is 34.7 Å². The maximum atomic E-state index is 13.1. The second kappa shape index (κ2) is 7.95. The molecule has 0 spiro atoms. The van der Waals surface area contributed by atoms with Crippen LogP contribution in [0.15, 0.2) is 34.7 Å². The van der Waals surface area contributed by atoms with E-state index in [-0.39, 0.29) is 11.7 Å². The first-order valence-corrected chi connectivity index (χ1v) is 10.1. The van der Waals surface area contributed by atoms with Crippen LogP contribution in [0.3, 0.4) is 0 Å². The maximum absolute atomic E-state index is 13.1. The van der Waals surface area contributed by atoms with Gasteiger partial charge in [-0.2, -0.15) is 0 Å². The van der Waals surface area contributed by atoms with Crippen LogP contribution in [0, 0.1) is 19.7 Å². The normalized spacial score (nSPS) is 21.2. The molecule has 1 amide bonds. The summed E-state index contributed by atoms with van der Waals surface area (Å²) < 4.78 is 18.8. The van der Waals surface area contributed by atoms with Crippen LogP contribution in [-0.2, 0) is 0 Å². The number of anilines is 1. The van der Waals surface area contributed by atoms with Crippen molar-refractivity contribution < 1.29 is 13.6 Å². The molecule has 1 aromatic heterocycles. The highest BCUT2D eigenvalue weighted by molar-refractivity contribution is 5.93. The van der Waals surface area contributed by atoms with Crippen LogP contribution in [-0.4, -0.2) is 61.0 Å². The molecule has 0 unspecified atom stereocenters. The van der Waals surface area contributed by atoms with Crippen molar-refractivity contribution in [2.45, 2.75) is 32.7 Å². The number of hydrogen-bond acceptors (Lipinski definition) is 4. The molecule has 2 fully saturated rings. The fourth-order valence-corrected chi connectivity index (χ4v) is 4.43. The molecular weight excluding hydrogens is 357 g/mol. The molecule has 6 heteroatoms. The summed E-state index contributed by atoms with van der Waals surface area (Å²) in [5.41, 5.74) is 1.99. The molecule has 2 aliphatic rings. The topological polar surface area (TPSA) is 39.9 Å². The van der Waals surface area contributed by atoms with E-state index < -0.39 is 0 Å². The highest BCUT2D eigenvalue weighted by Gasteiger charge is 2.31. The number of nitrogens with zero attached hydrogens (tertiary/aromatic N) is 3. The zero-order valence-electron chi connectivity index (χ0n) is 16.7. The second-order valence-corrected chi connectivity index (χ2v) is 7.92. The van der Waals surface area contributed by atoms with Gasteiger partial charge in [-0.15, -0.1) is 0 Å². The van der Waals surface area contributed by atoms with Crippen LogP contribution < -0.4 is 4.90 Å². The maximum Gasteiger partial charge on any atom is 0.289 e. The lowest BCUT2D eigenvalue weighted by atomic mass is 10.0. The summed E-state index contributed by atoms with van der Waals surface area (Å²) in [4.78, 5) is 19.7. The number of piperazine rings is 1. The number of aryl methyl sites for hydroxylation is 2. The third-order valence-corrected chi connectivity index (χ3v) is 5.94. The number of benzene rings is 1. The molecule has 2 saturated heterocycles. The molecule has 0 N–H and O–H groups in total. The van der Waals surface area contributed by atoms with Crippen molar-refractivity contribution in [1.82, 2.24) is 9.80 Å². The summed E-state index contributed by atoms with van der Waals surface area (Å²) in [5, 5.41) is 0. The summed E-state index contributed by atoms with van der Waals surface area (Å²) in [6.07, 6.45) is 2.14. The first-order chi connectivity index (χ1) is 13.5. The van der Waals surface area contributed by atoms with Gasteiger partial charge >= 0.3 is 0 Å². The number of amides is 1. The number of rotatable bonds is 3. The van der Waals surface area contributed by atoms with E-state index in [1.165, 1.54) is 12.1 Å². The van der Waals surface area contributed by atoms with Crippen LogP contribution in [0.5, 0.6) is 0 Å². The summed E-state index contributed by atoms with van der Waals surface area (Å²) in [6.45, 7) is 9.13. The van der Waals surface area contributed by atoms with Gasteiger partial charge < -0.3 is 14.2 Å². The van der Waals surface area contributed by atoms with E-state index in [4.69, 9.17) is 4.42 Å². The number of carbonyl (C=O) groups is 1. The van der Waals surface area contributed by atoms with E-state index in [0.717, 1.165) is 69.1 Å². The fourth-order valence-electron chi connectivity index (χ4n) is 4.43. The van der Waals surface area contributed by atoms with Crippen molar-refractivity contribution in [2.24, 2.45) is 0 Å². The molecule has 1 aromatic carbocycles. The Bertz CT molecular complexity index is 825. The molecule has 0 radical (unpaired) electrons. The monoisotopic (exact) mass is 385 g/mol. The summed E-state index contributed by atoms with van der Waals surface area (Å²) in [6, 6.07) is 9.04. The zero-order valence-corrected chi connectivity index (χ0v) is 16.7. The van der Waals surface area contributed by atoms with Gasteiger partial charge in [0, 0.05) is 56.6 Å². The van der Waals surface area contributed by atoms with Gasteiger partial charge in [0.2, 0.25) is 0 Å². The average molecular weight is 385 g/mol. The summed E-state index contributed by atoms with van der Waals surface area (Å²) >= 11 is 0. The molecule has 0 aliphatic carbocycles. The predicted octanol–water partition coefficient (Wildman–Crippen LogP) is 3.46. The van der Waals surface area contributed by atoms with Crippen molar-refractivity contribution in [3.05, 3.63) is 53.2 Å². The fraction of sp³-hybridized carbons (Fsp3) is 0.500. The third-order valence-electron chi connectivity index (χ3n) is 5.94. The molecular formula is C22H28FN3O2. The highest BCUT2D eigenvalue weighted by atomic mass is 19.1. The number of carbonyl (C=O) groups excluding carboxylic acids is 1. The number of hydrogen-bond donors (Lipinski definition) is 0. The molecule has 3 heterocycles. The first-order valence-electron chi connectivity index (χ1n) is 10.1. The predicted molar refractivity (Wildman–Crippen MR) is 107 cm³/mol. The number of furan rings is 1. The molecule has 1 atom stereocenters. The number of likely N-dealkylation sites (tertiary alicyclic amines) is 1. The van der Waals surface area contributed by atoms with E-state index in [1.54, 1.807) is 0 Å². The lowest BCUT2D eigenvalue weighted by Crippen LogP contribution is -2.55. The largest absolute Gasteiger partial charge is 0.456 e. The van der Waals surface area contributed by atoms with Crippen molar-refractivity contribution in [2.75, 3.05) is 44.2 Å². The van der Waals surface area contributed by atoms with Crippen molar-refractivity contribution in [3.63, 3.8) is 0 Å². The summed E-state index contributed by atoms with van der Waals surface area (Å²) in [7, 11) is 0. The van der Waals surface area contributed by atoms with Gasteiger partial charge in [0.25, 0.3) is 5.91 Å². The Kier molecular flexibility index (Phi) is 5.40. The standard InChI is InChI=1S/C22H28FN3O2/c1-16-14-17(2)28-21(16)22(27)26-9-3-4-20(15-26)25-12-10-24(11-13-25)19-7-5-18(23)6-8-19/h5-8,14,20H,3-4,9-13,15H2,1-2H3/t20-/m0/s1. The molecule has 0 bridgehead atoms. The van der Waals surface area contributed by atoms with Crippen molar-refractivity contribution in [1.29, 1.82) is 0 Å². The SMILES string of the molecule is Cc1cc(C)c(C(=O)N2CCC[C@H](N3CCN(c4ccc(F)cc4)CC3)C2)o1. The van der Waals surface area contributed by atoms with Gasteiger partial charge in [-0.25, -0.2) is 4.39 Å². The van der Waals surface area contributed by atoms with Crippen molar-refractivity contribution >= 4 is 11.6 Å². The van der Waals surface area contributed by atoms with E-state index in [2.05, 4.69) is 9.80 Å². The van der Waals surface area contributed by atoms with Crippen LogP contribution in [0.4, 0.5) is 10.1 Å². The third kappa shape index (κ3) is 3.92. The van der Waals surface area contributed by atoms with Gasteiger partial charge in [0.05, 0.1) is 0 Å². The molecule has 5 nitrogen and oxygen atoms in total. The zero-order chi connectivity index (χ0) is 19.7. The van der Waals surface area contributed by atoms with E-state index in [9.17, 15) is 9.18 Å². The van der Waals surface area contributed by atoms with Crippen LogP contribution >= 0.6 is 0 Å². The molecule has 0 saturated carbocycles. The molecule has 2 aromatic rings. The molecule has 150 valence electrons. The molecule has 2 aliphatic heterocycles. The Balaban J connectivity index is 1.36. The first kappa shape index (κ1) is 19.0. The lowest BCUT2D eigenvalue weighted by Gasteiger charge is -2.43. The van der Waals surface area contributed by atoms with Gasteiger partial charge in [-0.05, 0) is 57.0 Å². The van der Waals surface area contributed by atoms with Gasteiger partial charge in [-0.1, -0.05) is 0 Å². The molecule has 4 rings (SSSR count). The van der Waals surface area contributed by atoms with E-state index in [1.807, 2.05) is 36.9 Å².